The van der Waals surface area contributed by atoms with Gasteiger partial charge in [0.15, 0.2) is 5.65 Å². The molecule has 0 saturated heterocycles. The van der Waals surface area contributed by atoms with E-state index in [-0.39, 0.29) is 0 Å². The smallest absolute Gasteiger partial charge is 0.230 e. The van der Waals surface area contributed by atoms with E-state index in [2.05, 4.69) is 26.0 Å². The summed E-state index contributed by atoms with van der Waals surface area (Å²) in [5.41, 5.74) is 2.69. The zero-order chi connectivity index (χ0) is 15.1. The van der Waals surface area contributed by atoms with Gasteiger partial charge >= 0.3 is 0 Å². The van der Waals surface area contributed by atoms with Crippen LogP contribution in [0.25, 0.3) is 16.6 Å². The number of aromatic nitrogens is 3. The van der Waals surface area contributed by atoms with Gasteiger partial charge in [0.2, 0.25) is 5.88 Å². The Balaban J connectivity index is 1.92. The van der Waals surface area contributed by atoms with E-state index >= 15 is 0 Å². The molecule has 0 aliphatic carbocycles. The first-order valence-electron chi connectivity index (χ1n) is 6.89. The Bertz CT molecular complexity index is 976. The molecule has 2 aromatic heterocycles. The van der Waals surface area contributed by atoms with Gasteiger partial charge in [-0.25, -0.2) is 4.52 Å². The molecule has 4 rings (SSSR count). The van der Waals surface area contributed by atoms with E-state index in [4.69, 9.17) is 4.74 Å². The highest BCUT2D eigenvalue weighted by atomic mass is 79.9. The second kappa shape index (κ2) is 5.10. The number of ether oxygens (including phenoxy) is 1. The molecule has 0 bridgehead atoms. The normalized spacial score (nSPS) is 11.2. The van der Waals surface area contributed by atoms with E-state index in [1.807, 2.05) is 66.0 Å². The van der Waals surface area contributed by atoms with Gasteiger partial charge in [-0.2, -0.15) is 10.1 Å². The number of hydrogen-bond donors (Lipinski definition) is 0. The van der Waals surface area contributed by atoms with Crippen LogP contribution in [0.4, 0.5) is 0 Å². The molecule has 22 heavy (non-hydrogen) atoms. The topological polar surface area (TPSA) is 39.4 Å². The summed E-state index contributed by atoms with van der Waals surface area (Å²) >= 11 is 3.42. The van der Waals surface area contributed by atoms with Crippen LogP contribution in [-0.2, 0) is 0 Å². The molecule has 2 aromatic carbocycles. The van der Waals surface area contributed by atoms with Gasteiger partial charge < -0.3 is 4.74 Å². The monoisotopic (exact) mass is 353 g/mol. The highest BCUT2D eigenvalue weighted by molar-refractivity contribution is 9.10. The maximum Gasteiger partial charge on any atom is 0.230 e. The van der Waals surface area contributed by atoms with Crippen LogP contribution in [-0.4, -0.2) is 14.6 Å². The van der Waals surface area contributed by atoms with Crippen LogP contribution in [0.1, 0.15) is 5.69 Å². The molecule has 0 radical (unpaired) electrons. The number of rotatable bonds is 2. The molecule has 2 heterocycles. The van der Waals surface area contributed by atoms with E-state index < -0.39 is 0 Å². The fraction of sp³-hybridized carbons (Fsp3) is 0.0588. The van der Waals surface area contributed by atoms with Crippen molar-refractivity contribution >= 4 is 32.5 Å². The van der Waals surface area contributed by atoms with Crippen LogP contribution in [0.3, 0.4) is 0 Å². The van der Waals surface area contributed by atoms with Crippen LogP contribution in [0.5, 0.6) is 11.6 Å². The average molecular weight is 354 g/mol. The predicted molar refractivity (Wildman–Crippen MR) is 89.4 cm³/mol. The van der Waals surface area contributed by atoms with Gasteiger partial charge in [0.1, 0.15) is 5.75 Å². The number of fused-ring (bicyclic) bond motifs is 3. The summed E-state index contributed by atoms with van der Waals surface area (Å²) < 4.78 is 8.85. The molecule has 0 unspecified atom stereocenters. The van der Waals surface area contributed by atoms with Crippen molar-refractivity contribution in [3.8, 4) is 11.6 Å². The molecule has 0 spiro atoms. The third-order valence-electron chi connectivity index (χ3n) is 3.42. The van der Waals surface area contributed by atoms with Gasteiger partial charge in [-0.3, -0.25) is 0 Å². The summed E-state index contributed by atoms with van der Waals surface area (Å²) in [4.78, 5) is 4.61. The summed E-state index contributed by atoms with van der Waals surface area (Å²) in [6.07, 6.45) is 0. The molecular weight excluding hydrogens is 342 g/mol. The maximum atomic E-state index is 5.99. The van der Waals surface area contributed by atoms with Crippen molar-refractivity contribution in [1.29, 1.82) is 0 Å². The van der Waals surface area contributed by atoms with Crippen LogP contribution < -0.4 is 4.74 Å². The highest BCUT2D eigenvalue weighted by Crippen LogP contribution is 2.29. The zero-order valence-electron chi connectivity index (χ0n) is 11.8. The van der Waals surface area contributed by atoms with Gasteiger partial charge in [0, 0.05) is 10.5 Å². The first-order chi connectivity index (χ1) is 10.7. The minimum Gasteiger partial charge on any atom is -0.438 e. The molecule has 4 nitrogen and oxygen atoms in total. The van der Waals surface area contributed by atoms with Crippen LogP contribution in [0.2, 0.25) is 0 Å². The van der Waals surface area contributed by atoms with Crippen molar-refractivity contribution in [3.63, 3.8) is 0 Å². The van der Waals surface area contributed by atoms with Crippen LogP contribution in [0, 0.1) is 6.92 Å². The Hall–Kier alpha value is -2.40. The second-order valence-electron chi connectivity index (χ2n) is 5.05. The van der Waals surface area contributed by atoms with Crippen LogP contribution in [0.15, 0.2) is 59.1 Å². The molecule has 5 heteroatoms. The average Bonchev–Trinajstić information content (AvgIpc) is 2.90. The lowest BCUT2D eigenvalue weighted by atomic mass is 10.2. The first-order valence-corrected chi connectivity index (χ1v) is 7.68. The molecule has 0 atom stereocenters. The molecule has 0 amide bonds. The van der Waals surface area contributed by atoms with E-state index in [0.717, 1.165) is 32.5 Å². The number of halogens is 1. The SMILES string of the molecule is Cc1cc2nc(Oc3ccc(Br)cc3)c3ccccc3n2n1. The van der Waals surface area contributed by atoms with E-state index in [1.54, 1.807) is 0 Å². The summed E-state index contributed by atoms with van der Waals surface area (Å²) in [5, 5.41) is 5.42. The molecule has 0 aliphatic rings. The fourth-order valence-electron chi connectivity index (χ4n) is 2.44. The molecular formula is C17H12BrN3O. The fourth-order valence-corrected chi connectivity index (χ4v) is 2.70. The molecule has 0 aliphatic heterocycles. The van der Waals surface area contributed by atoms with Crippen LogP contribution >= 0.6 is 15.9 Å². The van der Waals surface area contributed by atoms with Crippen molar-refractivity contribution in [2.45, 2.75) is 6.92 Å². The largest absolute Gasteiger partial charge is 0.438 e. The zero-order valence-corrected chi connectivity index (χ0v) is 13.4. The Labute approximate surface area is 135 Å². The summed E-state index contributed by atoms with van der Waals surface area (Å²) in [7, 11) is 0. The number of hydrogen-bond acceptors (Lipinski definition) is 3. The highest BCUT2D eigenvalue weighted by Gasteiger charge is 2.11. The number of para-hydroxylation sites is 1. The summed E-state index contributed by atoms with van der Waals surface area (Å²) in [6.45, 7) is 1.96. The van der Waals surface area contributed by atoms with E-state index in [0.29, 0.717) is 5.88 Å². The lowest BCUT2D eigenvalue weighted by Crippen LogP contribution is -1.97. The van der Waals surface area contributed by atoms with Gasteiger partial charge in [0.05, 0.1) is 16.6 Å². The lowest BCUT2D eigenvalue weighted by molar-refractivity contribution is 0.469. The second-order valence-corrected chi connectivity index (χ2v) is 5.96. The van der Waals surface area contributed by atoms with E-state index in [1.165, 1.54) is 0 Å². The van der Waals surface area contributed by atoms with Gasteiger partial charge in [-0.15, -0.1) is 0 Å². The summed E-state index contributed by atoms with van der Waals surface area (Å²) in [6, 6.07) is 17.6. The predicted octanol–water partition coefficient (Wildman–Crippen LogP) is 4.75. The Morgan fingerprint density at radius 2 is 1.82 bits per heavy atom. The third kappa shape index (κ3) is 2.23. The molecule has 108 valence electrons. The van der Waals surface area contributed by atoms with Gasteiger partial charge in [0.25, 0.3) is 0 Å². The van der Waals surface area contributed by atoms with E-state index in [9.17, 15) is 0 Å². The quantitative estimate of drug-likeness (QED) is 0.522. The lowest BCUT2D eigenvalue weighted by Gasteiger charge is -2.09. The Morgan fingerprint density at radius 1 is 1.05 bits per heavy atom. The van der Waals surface area contributed by atoms with Crippen molar-refractivity contribution in [2.24, 2.45) is 0 Å². The maximum absolute atomic E-state index is 5.99. The molecule has 0 saturated carbocycles. The first kappa shape index (κ1) is 13.3. The third-order valence-corrected chi connectivity index (χ3v) is 3.95. The summed E-state index contributed by atoms with van der Waals surface area (Å²) in [5.74, 6) is 1.34. The van der Waals surface area contributed by atoms with Crippen molar-refractivity contribution in [3.05, 3.63) is 64.8 Å². The minimum atomic E-state index is 0.588. The molecule has 0 fully saturated rings. The minimum absolute atomic E-state index is 0.588. The van der Waals surface area contributed by atoms with Gasteiger partial charge in [-0.05, 0) is 43.3 Å². The van der Waals surface area contributed by atoms with Gasteiger partial charge in [-0.1, -0.05) is 28.1 Å². The number of aryl methyl sites for hydroxylation is 1. The van der Waals surface area contributed by atoms with Crippen molar-refractivity contribution < 1.29 is 4.74 Å². The van der Waals surface area contributed by atoms with Crippen molar-refractivity contribution in [2.75, 3.05) is 0 Å². The molecule has 0 N–H and O–H groups in total. The standard InChI is InChI=1S/C17H12BrN3O/c1-11-10-16-19-17(22-13-8-6-12(18)7-9-13)14-4-2-3-5-15(14)21(16)20-11/h2-10H,1H3. The number of benzene rings is 2. The Kier molecular flexibility index (Phi) is 3.08. The molecule has 4 aromatic rings. The number of nitrogens with zero attached hydrogens (tertiary/aromatic N) is 3. The van der Waals surface area contributed by atoms with Crippen molar-refractivity contribution in [1.82, 2.24) is 14.6 Å². The Morgan fingerprint density at radius 3 is 2.64 bits per heavy atom.